The maximum atomic E-state index is 9.37. The van der Waals surface area contributed by atoms with Crippen molar-refractivity contribution in [2.24, 2.45) is 0 Å². The summed E-state index contributed by atoms with van der Waals surface area (Å²) < 4.78 is 0. The fourth-order valence-electron chi connectivity index (χ4n) is 2.21. The number of rotatable bonds is 4. The maximum absolute atomic E-state index is 9.37. The summed E-state index contributed by atoms with van der Waals surface area (Å²) in [6.45, 7) is 5.55. The Balaban J connectivity index is 1.97. The van der Waals surface area contributed by atoms with Gasteiger partial charge in [-0.15, -0.1) is 11.3 Å². The topological polar surface area (TPSA) is 27.0 Å². The molecule has 2 heterocycles. The molecule has 1 unspecified atom stereocenters. The number of nitrogens with zero attached hydrogens (tertiary/aromatic N) is 2. The normalized spacial score (nSPS) is 20.5. The van der Waals surface area contributed by atoms with Gasteiger partial charge >= 0.3 is 0 Å². The largest absolute Gasteiger partial charge is 0.303 e. The minimum Gasteiger partial charge on any atom is -0.303 e. The zero-order valence-electron chi connectivity index (χ0n) is 9.78. The van der Waals surface area contributed by atoms with E-state index in [2.05, 4.69) is 29.3 Å². The molecule has 0 saturated carbocycles. The van der Waals surface area contributed by atoms with Gasteiger partial charge in [0.1, 0.15) is 0 Å². The highest BCUT2D eigenvalue weighted by molar-refractivity contribution is 7.10. The van der Waals surface area contributed by atoms with Crippen molar-refractivity contribution in [1.82, 2.24) is 4.90 Å². The van der Waals surface area contributed by atoms with Crippen LogP contribution >= 0.6 is 11.3 Å². The molecule has 86 valence electrons. The van der Waals surface area contributed by atoms with Gasteiger partial charge in [-0.1, -0.05) is 6.07 Å². The van der Waals surface area contributed by atoms with E-state index in [-0.39, 0.29) is 5.41 Å². The van der Waals surface area contributed by atoms with Crippen molar-refractivity contribution in [3.8, 4) is 6.07 Å². The van der Waals surface area contributed by atoms with E-state index in [1.807, 2.05) is 6.07 Å². The summed E-state index contributed by atoms with van der Waals surface area (Å²) in [4.78, 5) is 3.68. The van der Waals surface area contributed by atoms with Crippen LogP contribution in [0.2, 0.25) is 0 Å². The van der Waals surface area contributed by atoms with Gasteiger partial charge in [0.25, 0.3) is 0 Å². The Labute approximate surface area is 102 Å². The summed E-state index contributed by atoms with van der Waals surface area (Å²) in [5.41, 5.74) is -0.295. The molecule has 1 fully saturated rings. The molecular weight excluding hydrogens is 216 g/mol. The molecule has 1 saturated heterocycles. The standard InChI is InChI=1S/C13H18N2S/c1-13(11-14,12-5-4-10-16-12)6-9-15-7-2-3-8-15/h4-5,10H,2-3,6-9H2,1H3. The smallest absolute Gasteiger partial charge is 0.0898 e. The Hall–Kier alpha value is -0.850. The predicted octanol–water partition coefficient (Wildman–Crippen LogP) is 3.02. The summed E-state index contributed by atoms with van der Waals surface area (Å²) in [5.74, 6) is 0. The van der Waals surface area contributed by atoms with Gasteiger partial charge in [0.2, 0.25) is 0 Å². The van der Waals surface area contributed by atoms with Crippen LogP contribution in [-0.4, -0.2) is 24.5 Å². The fourth-order valence-corrected chi connectivity index (χ4v) is 3.08. The van der Waals surface area contributed by atoms with Gasteiger partial charge in [-0.2, -0.15) is 5.26 Å². The highest BCUT2D eigenvalue weighted by atomic mass is 32.1. The number of nitriles is 1. The van der Waals surface area contributed by atoms with E-state index in [0.29, 0.717) is 0 Å². The van der Waals surface area contributed by atoms with Crippen LogP contribution in [0.4, 0.5) is 0 Å². The van der Waals surface area contributed by atoms with Crippen molar-refractivity contribution in [1.29, 1.82) is 5.26 Å². The van der Waals surface area contributed by atoms with Gasteiger partial charge in [-0.3, -0.25) is 0 Å². The molecule has 0 spiro atoms. The first-order valence-electron chi connectivity index (χ1n) is 5.92. The van der Waals surface area contributed by atoms with Crippen LogP contribution in [-0.2, 0) is 5.41 Å². The van der Waals surface area contributed by atoms with Crippen molar-refractivity contribution >= 4 is 11.3 Å². The quantitative estimate of drug-likeness (QED) is 0.800. The van der Waals surface area contributed by atoms with Gasteiger partial charge in [0.15, 0.2) is 0 Å². The third kappa shape index (κ3) is 2.45. The van der Waals surface area contributed by atoms with Crippen molar-refractivity contribution in [3.63, 3.8) is 0 Å². The molecule has 16 heavy (non-hydrogen) atoms. The van der Waals surface area contributed by atoms with Crippen LogP contribution in [0.25, 0.3) is 0 Å². The van der Waals surface area contributed by atoms with Crippen LogP contribution in [0, 0.1) is 11.3 Å². The van der Waals surface area contributed by atoms with Crippen molar-refractivity contribution in [2.45, 2.75) is 31.6 Å². The predicted molar refractivity (Wildman–Crippen MR) is 67.6 cm³/mol. The average Bonchev–Trinajstić information content (AvgIpc) is 2.98. The minimum atomic E-state index is -0.295. The van der Waals surface area contributed by atoms with Gasteiger partial charge < -0.3 is 4.90 Å². The van der Waals surface area contributed by atoms with Gasteiger partial charge in [-0.25, -0.2) is 0 Å². The average molecular weight is 234 g/mol. The number of likely N-dealkylation sites (tertiary alicyclic amines) is 1. The second-order valence-electron chi connectivity index (χ2n) is 4.72. The molecule has 1 aliphatic rings. The van der Waals surface area contributed by atoms with E-state index in [1.165, 1.54) is 30.8 Å². The molecule has 2 rings (SSSR count). The lowest BCUT2D eigenvalue weighted by Crippen LogP contribution is -2.28. The third-order valence-electron chi connectivity index (χ3n) is 3.44. The molecule has 0 aromatic carbocycles. The Morgan fingerprint density at radius 3 is 2.81 bits per heavy atom. The monoisotopic (exact) mass is 234 g/mol. The summed E-state index contributed by atoms with van der Waals surface area (Å²) in [5, 5.41) is 11.4. The van der Waals surface area contributed by atoms with Crippen LogP contribution in [0.1, 0.15) is 31.1 Å². The van der Waals surface area contributed by atoms with E-state index in [0.717, 1.165) is 13.0 Å². The second kappa shape index (κ2) is 4.99. The molecule has 3 heteroatoms. The first-order chi connectivity index (χ1) is 7.74. The lowest BCUT2D eigenvalue weighted by atomic mass is 9.86. The SMILES string of the molecule is CC(C#N)(CCN1CCCC1)c1cccs1. The fraction of sp³-hybridized carbons (Fsp3) is 0.615. The van der Waals surface area contributed by atoms with E-state index in [9.17, 15) is 5.26 Å². The molecule has 0 N–H and O–H groups in total. The Bertz CT molecular complexity index is 360. The first-order valence-corrected chi connectivity index (χ1v) is 6.80. The van der Waals surface area contributed by atoms with Gasteiger partial charge in [0.05, 0.1) is 11.5 Å². The molecule has 0 aliphatic carbocycles. The minimum absolute atomic E-state index is 0.295. The molecule has 2 nitrogen and oxygen atoms in total. The molecule has 1 aromatic heterocycles. The Morgan fingerprint density at radius 2 is 2.25 bits per heavy atom. The van der Waals surface area contributed by atoms with Crippen molar-refractivity contribution in [2.75, 3.05) is 19.6 Å². The molecular formula is C13H18N2S. The third-order valence-corrected chi connectivity index (χ3v) is 4.57. The summed E-state index contributed by atoms with van der Waals surface area (Å²) >= 11 is 1.70. The first kappa shape index (κ1) is 11.6. The Morgan fingerprint density at radius 1 is 1.50 bits per heavy atom. The lowest BCUT2D eigenvalue weighted by molar-refractivity contribution is 0.311. The van der Waals surface area contributed by atoms with Crippen LogP contribution in [0.3, 0.4) is 0 Å². The Kier molecular flexibility index (Phi) is 3.63. The van der Waals surface area contributed by atoms with Crippen molar-refractivity contribution in [3.05, 3.63) is 22.4 Å². The highest BCUT2D eigenvalue weighted by Gasteiger charge is 2.28. The van der Waals surface area contributed by atoms with E-state index in [4.69, 9.17) is 0 Å². The van der Waals surface area contributed by atoms with E-state index < -0.39 is 0 Å². The molecule has 1 aromatic rings. The molecule has 1 aliphatic heterocycles. The summed E-state index contributed by atoms with van der Waals surface area (Å²) in [7, 11) is 0. The van der Waals surface area contributed by atoms with E-state index >= 15 is 0 Å². The number of hydrogen-bond acceptors (Lipinski definition) is 3. The molecule has 0 amide bonds. The summed E-state index contributed by atoms with van der Waals surface area (Å²) in [6, 6.07) is 6.60. The number of thiophene rings is 1. The van der Waals surface area contributed by atoms with Crippen LogP contribution < -0.4 is 0 Å². The van der Waals surface area contributed by atoms with Gasteiger partial charge in [-0.05, 0) is 57.3 Å². The molecule has 1 atom stereocenters. The zero-order chi connectivity index (χ0) is 11.4. The van der Waals surface area contributed by atoms with E-state index in [1.54, 1.807) is 11.3 Å². The highest BCUT2D eigenvalue weighted by Crippen LogP contribution is 2.31. The lowest BCUT2D eigenvalue weighted by Gasteiger charge is -2.23. The maximum Gasteiger partial charge on any atom is 0.0898 e. The summed E-state index contributed by atoms with van der Waals surface area (Å²) in [6.07, 6.45) is 3.59. The van der Waals surface area contributed by atoms with Gasteiger partial charge in [0, 0.05) is 4.88 Å². The second-order valence-corrected chi connectivity index (χ2v) is 5.67. The zero-order valence-corrected chi connectivity index (χ0v) is 10.6. The van der Waals surface area contributed by atoms with Crippen LogP contribution in [0.5, 0.6) is 0 Å². The molecule has 0 bridgehead atoms. The molecule has 0 radical (unpaired) electrons. The van der Waals surface area contributed by atoms with Crippen LogP contribution in [0.15, 0.2) is 17.5 Å². The number of hydrogen-bond donors (Lipinski definition) is 0. The van der Waals surface area contributed by atoms with Crippen molar-refractivity contribution < 1.29 is 0 Å².